The molecule has 0 aromatic heterocycles. The second kappa shape index (κ2) is 2.82. The number of hydrogen-bond donors (Lipinski definition) is 0. The van der Waals surface area contributed by atoms with Gasteiger partial charge in [0.15, 0.2) is 0 Å². The van der Waals surface area contributed by atoms with Crippen LogP contribution >= 0.6 is 7.26 Å². The van der Waals surface area contributed by atoms with E-state index in [4.69, 9.17) is 0 Å². The van der Waals surface area contributed by atoms with Gasteiger partial charge in [-0.25, -0.2) is 0 Å². The standard InChI is InChI=1S/C12H18P/c1-9-5-6-12-11(7-9)10(2)8-13(12,3)4/h5-8,11-12H,1-4H3/q+1/t11-,12-/m1/s1. The van der Waals surface area contributed by atoms with Gasteiger partial charge in [-0.15, -0.1) is 0 Å². The van der Waals surface area contributed by atoms with Crippen molar-refractivity contribution < 1.29 is 0 Å². The first kappa shape index (κ1) is 9.21. The first-order chi connectivity index (χ1) is 6.00. The van der Waals surface area contributed by atoms with Gasteiger partial charge < -0.3 is 0 Å². The minimum atomic E-state index is -0.801. The Hall–Kier alpha value is -0.350. The maximum atomic E-state index is 2.54. The lowest BCUT2D eigenvalue weighted by atomic mass is 9.91. The molecule has 0 unspecified atom stereocenters. The molecule has 1 aliphatic heterocycles. The molecule has 0 spiro atoms. The first-order valence-corrected chi connectivity index (χ1v) is 7.72. The van der Waals surface area contributed by atoms with Crippen molar-refractivity contribution in [2.75, 3.05) is 13.3 Å². The lowest BCUT2D eigenvalue weighted by molar-refractivity contribution is 0.783. The van der Waals surface area contributed by atoms with E-state index in [0.717, 1.165) is 5.66 Å². The van der Waals surface area contributed by atoms with Gasteiger partial charge in [-0.2, -0.15) is 0 Å². The highest BCUT2D eigenvalue weighted by molar-refractivity contribution is 7.78. The summed E-state index contributed by atoms with van der Waals surface area (Å²) in [4.78, 5) is 0. The fourth-order valence-electron chi connectivity index (χ4n) is 2.54. The first-order valence-electron chi connectivity index (χ1n) is 4.90. The molecule has 0 bridgehead atoms. The third-order valence-electron chi connectivity index (χ3n) is 3.20. The second-order valence-electron chi connectivity index (χ2n) is 4.79. The number of allylic oxidation sites excluding steroid dienone is 5. The van der Waals surface area contributed by atoms with E-state index >= 15 is 0 Å². The van der Waals surface area contributed by atoms with Crippen molar-refractivity contribution in [3.8, 4) is 0 Å². The van der Waals surface area contributed by atoms with Gasteiger partial charge in [-0.05, 0) is 25.5 Å². The van der Waals surface area contributed by atoms with Crippen LogP contribution in [-0.4, -0.2) is 19.0 Å². The van der Waals surface area contributed by atoms with Gasteiger partial charge in [0.05, 0.1) is 19.1 Å². The van der Waals surface area contributed by atoms with Crippen molar-refractivity contribution in [2.45, 2.75) is 19.5 Å². The quantitative estimate of drug-likeness (QED) is 0.515. The number of fused-ring (bicyclic) bond motifs is 1. The summed E-state index contributed by atoms with van der Waals surface area (Å²) >= 11 is 0. The zero-order chi connectivity index (χ0) is 9.64. The van der Waals surface area contributed by atoms with Crippen LogP contribution in [0, 0.1) is 5.92 Å². The smallest absolute Gasteiger partial charge is 0.0701 e. The third-order valence-corrected chi connectivity index (χ3v) is 6.30. The van der Waals surface area contributed by atoms with Gasteiger partial charge in [-0.3, -0.25) is 0 Å². The molecule has 13 heavy (non-hydrogen) atoms. The maximum absolute atomic E-state index is 2.54. The van der Waals surface area contributed by atoms with Crippen LogP contribution < -0.4 is 0 Å². The zero-order valence-electron chi connectivity index (χ0n) is 8.91. The lowest BCUT2D eigenvalue weighted by Gasteiger charge is -2.23. The maximum Gasteiger partial charge on any atom is 0.102 e. The van der Waals surface area contributed by atoms with E-state index in [1.807, 2.05) is 0 Å². The molecular weight excluding hydrogens is 175 g/mol. The average molecular weight is 193 g/mol. The largest absolute Gasteiger partial charge is 0.102 e. The number of hydrogen-bond acceptors (Lipinski definition) is 0. The molecule has 70 valence electrons. The van der Waals surface area contributed by atoms with E-state index in [9.17, 15) is 0 Å². The second-order valence-corrected chi connectivity index (χ2v) is 8.90. The molecule has 1 heteroatoms. The van der Waals surface area contributed by atoms with Gasteiger partial charge in [0.1, 0.15) is 5.66 Å². The Morgan fingerprint density at radius 2 is 1.92 bits per heavy atom. The van der Waals surface area contributed by atoms with Gasteiger partial charge in [0.2, 0.25) is 0 Å². The van der Waals surface area contributed by atoms with Gasteiger partial charge in [0, 0.05) is 13.2 Å². The molecule has 0 saturated heterocycles. The highest BCUT2D eigenvalue weighted by Gasteiger charge is 2.45. The summed E-state index contributed by atoms with van der Waals surface area (Å²) in [5.41, 5.74) is 3.82. The molecular formula is C12H18P+. The molecule has 0 fully saturated rings. The molecule has 0 nitrogen and oxygen atoms in total. The molecule has 0 saturated carbocycles. The van der Waals surface area contributed by atoms with E-state index in [1.165, 1.54) is 5.57 Å². The normalized spacial score (nSPS) is 35.4. The molecule has 0 amide bonds. The Kier molecular flexibility index (Phi) is 2.00. The number of rotatable bonds is 0. The summed E-state index contributed by atoms with van der Waals surface area (Å²) in [5, 5.41) is 0. The summed E-state index contributed by atoms with van der Waals surface area (Å²) in [7, 11) is -0.801. The topological polar surface area (TPSA) is 0 Å². The summed E-state index contributed by atoms with van der Waals surface area (Å²) < 4.78 is 0. The molecule has 2 aliphatic rings. The average Bonchev–Trinajstić information content (AvgIpc) is 2.22. The highest BCUT2D eigenvalue weighted by atomic mass is 31.2. The van der Waals surface area contributed by atoms with E-state index < -0.39 is 7.26 Å². The summed E-state index contributed by atoms with van der Waals surface area (Å²) in [6.45, 7) is 9.37. The van der Waals surface area contributed by atoms with Crippen molar-refractivity contribution in [3.63, 3.8) is 0 Å². The van der Waals surface area contributed by atoms with Crippen LogP contribution in [0.3, 0.4) is 0 Å². The van der Waals surface area contributed by atoms with Crippen LogP contribution in [0.15, 0.2) is 35.2 Å². The van der Waals surface area contributed by atoms with Crippen LogP contribution in [-0.2, 0) is 0 Å². The molecule has 1 aliphatic carbocycles. The predicted octanol–water partition coefficient (Wildman–Crippen LogP) is 3.68. The van der Waals surface area contributed by atoms with E-state index in [-0.39, 0.29) is 0 Å². The van der Waals surface area contributed by atoms with Crippen molar-refractivity contribution in [2.24, 2.45) is 5.92 Å². The predicted molar refractivity (Wildman–Crippen MR) is 62.7 cm³/mol. The van der Waals surface area contributed by atoms with Crippen molar-refractivity contribution >= 4 is 7.26 Å². The van der Waals surface area contributed by atoms with Crippen LogP contribution in [0.25, 0.3) is 0 Å². The van der Waals surface area contributed by atoms with Gasteiger partial charge in [-0.1, -0.05) is 17.7 Å². The molecule has 0 N–H and O–H groups in total. The SMILES string of the molecule is CC1=C[C@@H]2C(C)=C[P+](C)(C)[C@@H]2C=C1. The van der Waals surface area contributed by atoms with Crippen LogP contribution in [0.2, 0.25) is 0 Å². The fourth-order valence-corrected chi connectivity index (χ4v) is 5.61. The van der Waals surface area contributed by atoms with E-state index in [2.05, 4.69) is 51.2 Å². The zero-order valence-corrected chi connectivity index (χ0v) is 9.81. The Labute approximate surface area is 81.8 Å². The molecule has 0 radical (unpaired) electrons. The molecule has 1 heterocycles. The minimum absolute atomic E-state index is 0.716. The minimum Gasteiger partial charge on any atom is -0.0701 e. The van der Waals surface area contributed by atoms with Crippen molar-refractivity contribution in [1.29, 1.82) is 0 Å². The van der Waals surface area contributed by atoms with Crippen LogP contribution in [0.1, 0.15) is 13.8 Å². The van der Waals surface area contributed by atoms with Crippen molar-refractivity contribution in [3.05, 3.63) is 35.2 Å². The fraction of sp³-hybridized carbons (Fsp3) is 0.500. The van der Waals surface area contributed by atoms with E-state index in [1.54, 1.807) is 5.57 Å². The van der Waals surface area contributed by atoms with Crippen molar-refractivity contribution in [1.82, 2.24) is 0 Å². The third kappa shape index (κ3) is 1.42. The van der Waals surface area contributed by atoms with E-state index in [0.29, 0.717) is 5.92 Å². The van der Waals surface area contributed by atoms with Crippen LogP contribution in [0.4, 0.5) is 0 Å². The molecule has 0 aromatic rings. The summed E-state index contributed by atoms with van der Waals surface area (Å²) in [5.74, 6) is 3.26. The Bertz CT molecular complexity index is 318. The van der Waals surface area contributed by atoms with Crippen LogP contribution in [0.5, 0.6) is 0 Å². The highest BCUT2D eigenvalue weighted by Crippen LogP contribution is 2.67. The summed E-state index contributed by atoms with van der Waals surface area (Å²) in [6, 6.07) is 0. The summed E-state index contributed by atoms with van der Waals surface area (Å²) in [6.07, 6.45) is 7.15. The molecule has 0 aromatic carbocycles. The monoisotopic (exact) mass is 193 g/mol. The lowest BCUT2D eigenvalue weighted by Crippen LogP contribution is -2.16. The van der Waals surface area contributed by atoms with Gasteiger partial charge >= 0.3 is 0 Å². The molecule has 2 atom stereocenters. The Morgan fingerprint density at radius 3 is 2.62 bits per heavy atom. The molecule has 2 rings (SSSR count). The Morgan fingerprint density at radius 1 is 1.23 bits per heavy atom. The Balaban J connectivity index is 2.39. The van der Waals surface area contributed by atoms with Gasteiger partial charge in [0.25, 0.3) is 0 Å².